The van der Waals surface area contributed by atoms with Gasteiger partial charge >= 0.3 is 0 Å². The van der Waals surface area contributed by atoms with Crippen molar-refractivity contribution in [3.05, 3.63) is 40.9 Å². The molecule has 0 aliphatic rings. The van der Waals surface area contributed by atoms with Crippen LogP contribution < -0.4 is 10.1 Å². The number of halogens is 1. The summed E-state index contributed by atoms with van der Waals surface area (Å²) in [6.45, 7) is 8.58. The van der Waals surface area contributed by atoms with Crippen molar-refractivity contribution in [1.29, 1.82) is 0 Å². The van der Waals surface area contributed by atoms with E-state index >= 15 is 0 Å². The molecule has 1 aromatic rings. The summed E-state index contributed by atoms with van der Waals surface area (Å²) in [6, 6.07) is 6.08. The van der Waals surface area contributed by atoms with Crippen molar-refractivity contribution < 1.29 is 10.1 Å². The Morgan fingerprint density at radius 2 is 2.31 bits per heavy atom. The summed E-state index contributed by atoms with van der Waals surface area (Å²) >= 11 is 3.44. The molecule has 0 radical (unpaired) electrons. The maximum Gasteiger partial charge on any atom is 0.122 e. The highest BCUT2D eigenvalue weighted by atomic mass is 79.9. The molecule has 1 rings (SSSR count). The lowest BCUT2D eigenvalue weighted by Crippen LogP contribution is -2.84. The third-order valence-corrected chi connectivity index (χ3v) is 2.77. The van der Waals surface area contributed by atoms with Crippen LogP contribution in [0.15, 0.2) is 35.3 Å². The lowest BCUT2D eigenvalue weighted by molar-refractivity contribution is -0.646. The fraction of sp³-hybridized carbons (Fsp3) is 0.385. The zero-order valence-electron chi connectivity index (χ0n) is 9.71. The third-order valence-electron chi connectivity index (χ3n) is 2.28. The van der Waals surface area contributed by atoms with Crippen molar-refractivity contribution in [1.82, 2.24) is 0 Å². The summed E-state index contributed by atoms with van der Waals surface area (Å²) in [6.07, 6.45) is 2.98. The van der Waals surface area contributed by atoms with E-state index in [2.05, 4.69) is 40.8 Å². The molecule has 0 aliphatic heterocycles. The Kier molecular flexibility index (Phi) is 6.19. The lowest BCUT2D eigenvalue weighted by atomic mass is 10.2. The number of nitrogens with two attached hydrogens (primary N) is 1. The molecule has 88 valence electrons. The molecule has 0 fully saturated rings. The number of ether oxygens (including phenoxy) is 1. The zero-order valence-corrected chi connectivity index (χ0v) is 11.3. The SMILES string of the molecule is C=CC[NH2+]CCCOc1ccc(Br)cc1C. The van der Waals surface area contributed by atoms with Crippen LogP contribution in [-0.2, 0) is 0 Å². The van der Waals surface area contributed by atoms with E-state index < -0.39 is 0 Å². The molecule has 0 unspecified atom stereocenters. The van der Waals surface area contributed by atoms with Gasteiger partial charge in [0, 0.05) is 10.9 Å². The predicted molar refractivity (Wildman–Crippen MR) is 70.8 cm³/mol. The molecule has 16 heavy (non-hydrogen) atoms. The first-order valence-electron chi connectivity index (χ1n) is 5.55. The van der Waals surface area contributed by atoms with Crippen molar-refractivity contribution in [2.45, 2.75) is 13.3 Å². The molecule has 1 aromatic carbocycles. The molecular formula is C13H19BrNO+. The van der Waals surface area contributed by atoms with E-state index in [9.17, 15) is 0 Å². The minimum Gasteiger partial charge on any atom is -0.493 e. The highest BCUT2D eigenvalue weighted by Crippen LogP contribution is 2.21. The molecule has 3 heteroatoms. The molecule has 0 heterocycles. The first-order chi connectivity index (χ1) is 7.74. The fourth-order valence-corrected chi connectivity index (χ4v) is 1.90. The summed E-state index contributed by atoms with van der Waals surface area (Å²) in [4.78, 5) is 0. The van der Waals surface area contributed by atoms with Gasteiger partial charge in [0.1, 0.15) is 5.75 Å². The Morgan fingerprint density at radius 1 is 1.50 bits per heavy atom. The molecule has 0 atom stereocenters. The van der Waals surface area contributed by atoms with Crippen LogP contribution in [0.1, 0.15) is 12.0 Å². The van der Waals surface area contributed by atoms with E-state index in [1.54, 1.807) is 0 Å². The van der Waals surface area contributed by atoms with Gasteiger partial charge in [-0.1, -0.05) is 22.5 Å². The summed E-state index contributed by atoms with van der Waals surface area (Å²) in [7, 11) is 0. The number of rotatable bonds is 7. The maximum atomic E-state index is 5.71. The Labute approximate surface area is 106 Å². The van der Waals surface area contributed by atoms with Gasteiger partial charge in [-0.15, -0.1) is 0 Å². The number of hydrogen-bond donors (Lipinski definition) is 1. The van der Waals surface area contributed by atoms with Crippen molar-refractivity contribution >= 4 is 15.9 Å². The maximum absolute atomic E-state index is 5.71. The molecular weight excluding hydrogens is 266 g/mol. The second kappa shape index (κ2) is 7.47. The van der Waals surface area contributed by atoms with Gasteiger partial charge in [0.05, 0.1) is 19.7 Å². The van der Waals surface area contributed by atoms with Gasteiger partial charge < -0.3 is 10.1 Å². The molecule has 0 aliphatic carbocycles. The van der Waals surface area contributed by atoms with Gasteiger partial charge in [0.2, 0.25) is 0 Å². The van der Waals surface area contributed by atoms with Gasteiger partial charge in [-0.25, -0.2) is 0 Å². The first-order valence-corrected chi connectivity index (χ1v) is 6.35. The smallest absolute Gasteiger partial charge is 0.122 e. The molecule has 0 spiro atoms. The lowest BCUT2D eigenvalue weighted by Gasteiger charge is -2.08. The average Bonchev–Trinajstić information content (AvgIpc) is 2.26. The van der Waals surface area contributed by atoms with Crippen LogP contribution in [-0.4, -0.2) is 19.7 Å². The van der Waals surface area contributed by atoms with Gasteiger partial charge in [-0.05, 0) is 36.8 Å². The van der Waals surface area contributed by atoms with Gasteiger partial charge in [-0.2, -0.15) is 0 Å². The molecule has 2 nitrogen and oxygen atoms in total. The fourth-order valence-electron chi connectivity index (χ4n) is 1.42. The zero-order chi connectivity index (χ0) is 11.8. The van der Waals surface area contributed by atoms with Crippen LogP contribution >= 0.6 is 15.9 Å². The Hall–Kier alpha value is -0.800. The van der Waals surface area contributed by atoms with Crippen LogP contribution in [0.25, 0.3) is 0 Å². The van der Waals surface area contributed by atoms with Crippen LogP contribution in [0, 0.1) is 6.92 Å². The van der Waals surface area contributed by atoms with Crippen molar-refractivity contribution in [2.24, 2.45) is 0 Å². The van der Waals surface area contributed by atoms with Crippen LogP contribution in [0.4, 0.5) is 0 Å². The normalized spacial score (nSPS) is 10.1. The highest BCUT2D eigenvalue weighted by molar-refractivity contribution is 9.10. The van der Waals surface area contributed by atoms with E-state index in [0.29, 0.717) is 0 Å². The molecule has 0 amide bonds. The molecule has 0 saturated carbocycles. The number of benzene rings is 1. The van der Waals surface area contributed by atoms with Gasteiger partial charge in [0.25, 0.3) is 0 Å². The summed E-state index contributed by atoms with van der Waals surface area (Å²) in [5.41, 5.74) is 1.17. The largest absolute Gasteiger partial charge is 0.493 e. The van der Waals surface area contributed by atoms with Crippen LogP contribution in [0.2, 0.25) is 0 Å². The van der Waals surface area contributed by atoms with Crippen LogP contribution in [0.3, 0.4) is 0 Å². The summed E-state index contributed by atoms with van der Waals surface area (Å²) < 4.78 is 6.80. The average molecular weight is 285 g/mol. The Bertz CT molecular complexity index is 339. The van der Waals surface area contributed by atoms with Gasteiger partial charge in [0.15, 0.2) is 0 Å². The quantitative estimate of drug-likeness (QED) is 0.603. The summed E-state index contributed by atoms with van der Waals surface area (Å²) in [5, 5.41) is 2.23. The molecule has 0 bridgehead atoms. The Morgan fingerprint density at radius 3 is 3.00 bits per heavy atom. The standard InChI is InChI=1S/C13H18BrNO/c1-3-7-15-8-4-9-16-13-6-5-12(14)10-11(13)2/h3,5-6,10,15H,1,4,7-9H2,2H3/p+1. The molecule has 2 N–H and O–H groups in total. The molecule has 0 saturated heterocycles. The topological polar surface area (TPSA) is 25.8 Å². The predicted octanol–water partition coefficient (Wildman–Crippen LogP) is 2.28. The van der Waals surface area contributed by atoms with E-state index in [1.807, 2.05) is 18.2 Å². The Balaban J connectivity index is 2.24. The first kappa shape index (κ1) is 13.3. The molecule has 0 aromatic heterocycles. The third kappa shape index (κ3) is 4.81. The van der Waals surface area contributed by atoms with Crippen molar-refractivity contribution in [3.63, 3.8) is 0 Å². The van der Waals surface area contributed by atoms with E-state index in [-0.39, 0.29) is 0 Å². The monoisotopic (exact) mass is 284 g/mol. The number of hydrogen-bond acceptors (Lipinski definition) is 1. The second-order valence-corrected chi connectivity index (χ2v) is 4.63. The number of quaternary nitrogens is 1. The van der Waals surface area contributed by atoms with E-state index in [4.69, 9.17) is 4.74 Å². The van der Waals surface area contributed by atoms with E-state index in [1.165, 1.54) is 5.56 Å². The van der Waals surface area contributed by atoms with Gasteiger partial charge in [-0.3, -0.25) is 0 Å². The van der Waals surface area contributed by atoms with Crippen LogP contribution in [0.5, 0.6) is 5.75 Å². The van der Waals surface area contributed by atoms with Crippen molar-refractivity contribution in [2.75, 3.05) is 19.7 Å². The number of aryl methyl sites for hydroxylation is 1. The highest BCUT2D eigenvalue weighted by Gasteiger charge is 1.99. The van der Waals surface area contributed by atoms with Crippen molar-refractivity contribution in [3.8, 4) is 5.75 Å². The second-order valence-electron chi connectivity index (χ2n) is 3.71. The minimum absolute atomic E-state index is 0.774. The van der Waals surface area contributed by atoms with E-state index in [0.717, 1.165) is 36.3 Å². The minimum atomic E-state index is 0.774. The summed E-state index contributed by atoms with van der Waals surface area (Å²) in [5.74, 6) is 0.979.